The van der Waals surface area contributed by atoms with E-state index in [9.17, 15) is 13.2 Å². The van der Waals surface area contributed by atoms with Crippen molar-refractivity contribution in [1.29, 1.82) is 0 Å². The minimum atomic E-state index is -3.24. The Morgan fingerprint density at radius 2 is 1.86 bits per heavy atom. The molecule has 6 heteroatoms. The van der Waals surface area contributed by atoms with Gasteiger partial charge in [0.25, 0.3) is 5.91 Å². The maximum Gasteiger partial charge on any atom is 0.251 e. The molecule has 1 aromatic carbocycles. The second-order valence-corrected chi connectivity index (χ2v) is 7.95. The van der Waals surface area contributed by atoms with Crippen LogP contribution in [0, 0.1) is 11.8 Å². The zero-order valence-corrected chi connectivity index (χ0v) is 13.3. The van der Waals surface area contributed by atoms with Crippen molar-refractivity contribution in [1.82, 2.24) is 5.32 Å². The molecule has 0 aromatic heterocycles. The van der Waals surface area contributed by atoms with Crippen molar-refractivity contribution in [3.8, 4) is 11.8 Å². The lowest BCUT2D eigenvalue weighted by atomic mass is 10.1. The van der Waals surface area contributed by atoms with E-state index < -0.39 is 14.6 Å². The molecule has 3 N–H and O–H groups in total. The van der Waals surface area contributed by atoms with E-state index >= 15 is 0 Å². The lowest BCUT2D eigenvalue weighted by molar-refractivity contribution is 0.0950. The number of benzene rings is 1. The summed E-state index contributed by atoms with van der Waals surface area (Å²) in [5, 5.41) is 2.63. The summed E-state index contributed by atoms with van der Waals surface area (Å²) in [6.45, 7) is 3.49. The highest BCUT2D eigenvalue weighted by molar-refractivity contribution is 7.92. The third-order valence-corrected chi connectivity index (χ3v) is 5.31. The van der Waals surface area contributed by atoms with Gasteiger partial charge in [-0.05, 0) is 38.1 Å². The molecule has 1 amide bonds. The first kappa shape index (κ1) is 17.2. The molecule has 0 aliphatic carbocycles. The zero-order valence-electron chi connectivity index (χ0n) is 12.4. The maximum atomic E-state index is 12.0. The first-order valence-electron chi connectivity index (χ1n) is 6.44. The normalized spacial score (nSPS) is 11.4. The van der Waals surface area contributed by atoms with Crippen LogP contribution in [-0.2, 0) is 9.84 Å². The Bertz CT molecular complexity index is 665. The van der Waals surface area contributed by atoms with Gasteiger partial charge in [0.05, 0.1) is 11.3 Å². The van der Waals surface area contributed by atoms with E-state index in [1.54, 1.807) is 38.1 Å². The quantitative estimate of drug-likeness (QED) is 0.795. The molecule has 0 aliphatic heterocycles. The Morgan fingerprint density at radius 1 is 1.29 bits per heavy atom. The first-order valence-corrected chi connectivity index (χ1v) is 8.33. The average Bonchev–Trinajstić information content (AvgIpc) is 2.42. The van der Waals surface area contributed by atoms with E-state index in [2.05, 4.69) is 17.2 Å². The van der Waals surface area contributed by atoms with Crippen molar-refractivity contribution in [2.45, 2.75) is 18.6 Å². The van der Waals surface area contributed by atoms with E-state index in [0.29, 0.717) is 5.56 Å². The molecule has 5 nitrogen and oxygen atoms in total. The lowest BCUT2D eigenvalue weighted by Gasteiger charge is -2.22. The largest absolute Gasteiger partial charge is 0.350 e. The van der Waals surface area contributed by atoms with Gasteiger partial charge in [-0.25, -0.2) is 8.42 Å². The molecule has 21 heavy (non-hydrogen) atoms. The van der Waals surface area contributed by atoms with Crippen LogP contribution in [0.2, 0.25) is 0 Å². The van der Waals surface area contributed by atoms with Gasteiger partial charge in [0.2, 0.25) is 0 Å². The second kappa shape index (κ2) is 6.74. The molecular formula is C15H20N2O3S. The van der Waals surface area contributed by atoms with Crippen molar-refractivity contribution in [3.05, 3.63) is 35.4 Å². The number of sulfone groups is 1. The molecule has 0 saturated carbocycles. The van der Waals surface area contributed by atoms with Crippen LogP contribution in [0.25, 0.3) is 0 Å². The number of carbonyl (C=O) groups excluding carboxylic acids is 1. The fraction of sp³-hybridized carbons (Fsp3) is 0.400. The number of hydrogen-bond donors (Lipinski definition) is 2. The van der Waals surface area contributed by atoms with Crippen LogP contribution in [0.15, 0.2) is 24.3 Å². The maximum absolute atomic E-state index is 12.0. The second-order valence-electron chi connectivity index (χ2n) is 5.30. The highest BCUT2D eigenvalue weighted by Gasteiger charge is 2.30. The number of carbonyl (C=O) groups is 1. The Morgan fingerprint density at radius 3 is 2.33 bits per heavy atom. The van der Waals surface area contributed by atoms with Crippen molar-refractivity contribution < 1.29 is 13.2 Å². The topological polar surface area (TPSA) is 89.3 Å². The smallest absolute Gasteiger partial charge is 0.251 e. The van der Waals surface area contributed by atoms with Gasteiger partial charge >= 0.3 is 0 Å². The Balaban J connectivity index is 2.73. The van der Waals surface area contributed by atoms with Crippen molar-refractivity contribution in [2.75, 3.05) is 19.3 Å². The minimum Gasteiger partial charge on any atom is -0.350 e. The van der Waals surface area contributed by atoms with E-state index in [0.717, 1.165) is 11.8 Å². The summed E-state index contributed by atoms with van der Waals surface area (Å²) in [7, 11) is -3.24. The monoisotopic (exact) mass is 308 g/mol. The summed E-state index contributed by atoms with van der Waals surface area (Å²) >= 11 is 0. The molecular weight excluding hydrogens is 288 g/mol. The van der Waals surface area contributed by atoms with E-state index in [1.165, 1.54) is 0 Å². The van der Waals surface area contributed by atoms with Gasteiger partial charge < -0.3 is 11.1 Å². The minimum absolute atomic E-state index is 0.0550. The summed E-state index contributed by atoms with van der Waals surface area (Å²) in [4.78, 5) is 12.0. The van der Waals surface area contributed by atoms with Crippen LogP contribution in [0.4, 0.5) is 0 Å². The van der Waals surface area contributed by atoms with Crippen LogP contribution >= 0.6 is 0 Å². The van der Waals surface area contributed by atoms with Gasteiger partial charge in [-0.1, -0.05) is 11.8 Å². The molecule has 1 rings (SSSR count). The molecule has 0 unspecified atom stereocenters. The summed E-state index contributed by atoms with van der Waals surface area (Å²) in [6.07, 6.45) is 1.16. The molecule has 0 heterocycles. The Hall–Kier alpha value is -1.84. The molecule has 0 bridgehead atoms. The van der Waals surface area contributed by atoms with Crippen molar-refractivity contribution in [3.63, 3.8) is 0 Å². The standard InChI is InChI=1S/C15H20N2O3S/c1-15(2,21(3,19)20)11-17-14(18)13-8-6-12(7-9-13)5-4-10-16/h6-9H,10-11,16H2,1-3H3,(H,17,18). The van der Waals surface area contributed by atoms with Crippen molar-refractivity contribution in [2.24, 2.45) is 5.73 Å². The van der Waals surface area contributed by atoms with Gasteiger partial charge in [0, 0.05) is 23.9 Å². The molecule has 1 aromatic rings. The summed E-state index contributed by atoms with van der Waals surface area (Å²) in [5.41, 5.74) is 6.51. The summed E-state index contributed by atoms with van der Waals surface area (Å²) < 4.78 is 22.1. The molecule has 0 fully saturated rings. The number of rotatable bonds is 4. The van der Waals surface area contributed by atoms with Crippen LogP contribution in [0.5, 0.6) is 0 Å². The van der Waals surface area contributed by atoms with Crippen molar-refractivity contribution >= 4 is 15.7 Å². The van der Waals surface area contributed by atoms with Crippen LogP contribution in [0.3, 0.4) is 0 Å². The number of nitrogens with one attached hydrogen (secondary N) is 1. The zero-order chi connectivity index (χ0) is 16.1. The fourth-order valence-corrected chi connectivity index (χ4v) is 1.72. The molecule has 0 saturated heterocycles. The molecule has 0 aliphatic rings. The van der Waals surface area contributed by atoms with Gasteiger partial charge in [0.1, 0.15) is 0 Å². The third-order valence-electron chi connectivity index (χ3n) is 3.16. The van der Waals surface area contributed by atoms with Crippen LogP contribution in [0.1, 0.15) is 29.8 Å². The molecule has 0 atom stereocenters. The predicted molar refractivity (Wildman–Crippen MR) is 83.6 cm³/mol. The van der Waals surface area contributed by atoms with Gasteiger partial charge in [0.15, 0.2) is 9.84 Å². The van der Waals surface area contributed by atoms with Crippen LogP contribution < -0.4 is 11.1 Å². The van der Waals surface area contributed by atoms with Gasteiger partial charge in [-0.3, -0.25) is 4.79 Å². The molecule has 0 spiro atoms. The predicted octanol–water partition coefficient (Wildman–Crippen LogP) is 0.550. The summed E-state index contributed by atoms with van der Waals surface area (Å²) in [6, 6.07) is 6.73. The van der Waals surface area contributed by atoms with Gasteiger partial charge in [-0.2, -0.15) is 0 Å². The van der Waals surface area contributed by atoms with Gasteiger partial charge in [-0.15, -0.1) is 0 Å². The molecule has 114 valence electrons. The first-order chi connectivity index (χ1) is 9.67. The average molecular weight is 308 g/mol. The fourth-order valence-electron chi connectivity index (χ4n) is 1.38. The van der Waals surface area contributed by atoms with E-state index in [4.69, 9.17) is 5.73 Å². The highest BCUT2D eigenvalue weighted by Crippen LogP contribution is 2.13. The van der Waals surface area contributed by atoms with E-state index in [-0.39, 0.29) is 19.0 Å². The lowest BCUT2D eigenvalue weighted by Crippen LogP contribution is -2.43. The summed E-state index contributed by atoms with van der Waals surface area (Å²) in [5.74, 6) is 5.27. The molecule has 0 radical (unpaired) electrons. The van der Waals surface area contributed by atoms with E-state index in [1.807, 2.05) is 0 Å². The third kappa shape index (κ3) is 4.88. The number of amides is 1. The number of hydrogen-bond acceptors (Lipinski definition) is 4. The highest BCUT2D eigenvalue weighted by atomic mass is 32.2. The Labute approximate surface area is 125 Å². The number of nitrogens with two attached hydrogens (primary N) is 1. The Kier molecular flexibility index (Phi) is 5.53. The SMILES string of the molecule is CC(C)(CNC(=O)c1ccc(C#CCN)cc1)S(C)(=O)=O. The van der Waals surface area contributed by atoms with Crippen LogP contribution in [-0.4, -0.2) is 38.4 Å².